The van der Waals surface area contributed by atoms with E-state index in [0.29, 0.717) is 5.65 Å². The zero-order valence-electron chi connectivity index (χ0n) is 6.31. The molecule has 4 nitrogen and oxygen atoms in total. The average Bonchev–Trinajstić information content (AvgIpc) is 2.17. The van der Waals surface area contributed by atoms with Crippen molar-refractivity contribution in [3.63, 3.8) is 0 Å². The van der Waals surface area contributed by atoms with Gasteiger partial charge < -0.3 is 5.11 Å². The van der Waals surface area contributed by atoms with Crippen LogP contribution in [-0.2, 0) is 6.61 Å². The van der Waals surface area contributed by atoms with Crippen LogP contribution in [0.25, 0.3) is 11.0 Å². The molecule has 0 bridgehead atoms. The van der Waals surface area contributed by atoms with Crippen molar-refractivity contribution >= 4 is 11.0 Å². The number of pyridine rings is 1. The molecule has 2 aromatic rings. The number of hydrogen-bond acceptors (Lipinski definition) is 4. The summed E-state index contributed by atoms with van der Waals surface area (Å²) in [5.41, 5.74) is 1.43. The van der Waals surface area contributed by atoms with Gasteiger partial charge in [-0.2, -0.15) is 0 Å². The highest BCUT2D eigenvalue weighted by molar-refractivity contribution is 5.73. The van der Waals surface area contributed by atoms with Gasteiger partial charge >= 0.3 is 0 Å². The average molecular weight is 161 g/mol. The number of aromatic nitrogens is 3. The van der Waals surface area contributed by atoms with Gasteiger partial charge in [0.1, 0.15) is 6.33 Å². The molecule has 0 unspecified atom stereocenters. The molecule has 0 spiro atoms. The highest BCUT2D eigenvalue weighted by atomic mass is 16.3. The summed E-state index contributed by atoms with van der Waals surface area (Å²) < 4.78 is 0. The van der Waals surface area contributed by atoms with Crippen LogP contribution in [0.1, 0.15) is 5.56 Å². The van der Waals surface area contributed by atoms with Gasteiger partial charge in [-0.15, -0.1) is 0 Å². The summed E-state index contributed by atoms with van der Waals surface area (Å²) in [4.78, 5) is 11.8. The molecular weight excluding hydrogens is 154 g/mol. The van der Waals surface area contributed by atoms with Crippen molar-refractivity contribution in [3.8, 4) is 0 Å². The van der Waals surface area contributed by atoms with E-state index in [1.807, 2.05) is 6.07 Å². The Hall–Kier alpha value is -1.55. The molecule has 0 aliphatic carbocycles. The first-order chi connectivity index (χ1) is 5.90. The molecule has 4 heteroatoms. The van der Waals surface area contributed by atoms with Crippen LogP contribution in [0.5, 0.6) is 0 Å². The lowest BCUT2D eigenvalue weighted by Gasteiger charge is -1.96. The minimum atomic E-state index is -0.00215. The number of hydrogen-bond donors (Lipinski definition) is 1. The second kappa shape index (κ2) is 2.83. The molecule has 0 atom stereocenters. The van der Waals surface area contributed by atoms with Crippen molar-refractivity contribution in [1.29, 1.82) is 0 Å². The minimum Gasteiger partial charge on any atom is -0.392 e. The Bertz CT molecular complexity index is 402. The van der Waals surface area contributed by atoms with Crippen LogP contribution in [0.3, 0.4) is 0 Å². The maximum absolute atomic E-state index is 8.82. The predicted molar refractivity (Wildman–Crippen MR) is 43.3 cm³/mol. The molecule has 12 heavy (non-hydrogen) atoms. The van der Waals surface area contributed by atoms with E-state index in [9.17, 15) is 0 Å². The van der Waals surface area contributed by atoms with E-state index >= 15 is 0 Å². The van der Waals surface area contributed by atoms with Crippen molar-refractivity contribution in [1.82, 2.24) is 15.0 Å². The molecule has 0 aliphatic rings. The third kappa shape index (κ3) is 1.12. The number of fused-ring (bicyclic) bond motifs is 1. The third-order valence-corrected chi connectivity index (χ3v) is 1.59. The van der Waals surface area contributed by atoms with Crippen molar-refractivity contribution in [2.24, 2.45) is 0 Å². The molecule has 0 aliphatic heterocycles. The first-order valence-corrected chi connectivity index (χ1v) is 3.55. The van der Waals surface area contributed by atoms with Gasteiger partial charge in [-0.3, -0.25) is 0 Å². The summed E-state index contributed by atoms with van der Waals surface area (Å²) in [6.45, 7) is -0.00215. The smallest absolute Gasteiger partial charge is 0.162 e. The van der Waals surface area contributed by atoms with Gasteiger partial charge in [0, 0.05) is 17.8 Å². The normalized spacial score (nSPS) is 10.4. The Kier molecular flexibility index (Phi) is 1.68. The van der Waals surface area contributed by atoms with Gasteiger partial charge in [-0.25, -0.2) is 15.0 Å². The van der Waals surface area contributed by atoms with Crippen LogP contribution in [0.2, 0.25) is 0 Å². The lowest BCUT2D eigenvalue weighted by molar-refractivity contribution is 0.281. The molecule has 0 saturated heterocycles. The topological polar surface area (TPSA) is 58.9 Å². The Balaban J connectivity index is 2.67. The van der Waals surface area contributed by atoms with E-state index in [1.54, 1.807) is 12.4 Å². The molecule has 2 aromatic heterocycles. The minimum absolute atomic E-state index is 0.00215. The zero-order chi connectivity index (χ0) is 8.39. The van der Waals surface area contributed by atoms with Crippen LogP contribution < -0.4 is 0 Å². The van der Waals surface area contributed by atoms with Gasteiger partial charge in [0.05, 0.1) is 6.61 Å². The fourth-order valence-electron chi connectivity index (χ4n) is 1.01. The fraction of sp³-hybridized carbons (Fsp3) is 0.125. The van der Waals surface area contributed by atoms with Gasteiger partial charge in [0.25, 0.3) is 0 Å². The summed E-state index contributed by atoms with van der Waals surface area (Å²) in [7, 11) is 0. The van der Waals surface area contributed by atoms with E-state index < -0.39 is 0 Å². The number of aliphatic hydroxyl groups is 1. The largest absolute Gasteiger partial charge is 0.392 e. The van der Waals surface area contributed by atoms with Crippen LogP contribution in [-0.4, -0.2) is 20.1 Å². The van der Waals surface area contributed by atoms with Crippen molar-refractivity contribution < 1.29 is 5.11 Å². The maximum Gasteiger partial charge on any atom is 0.162 e. The standard InChI is InChI=1S/C8H7N3O/c12-4-6-1-7-3-9-5-11-8(7)10-2-6/h1-3,5,12H,4H2. The predicted octanol–water partition coefficient (Wildman–Crippen LogP) is 0.517. The van der Waals surface area contributed by atoms with E-state index in [4.69, 9.17) is 5.11 Å². The molecule has 2 rings (SSSR count). The number of rotatable bonds is 1. The Morgan fingerprint density at radius 2 is 2.17 bits per heavy atom. The Morgan fingerprint density at radius 3 is 3.00 bits per heavy atom. The molecule has 0 amide bonds. The first kappa shape index (κ1) is 7.12. The van der Waals surface area contributed by atoms with Gasteiger partial charge in [0.15, 0.2) is 5.65 Å². The van der Waals surface area contributed by atoms with Crippen LogP contribution in [0.4, 0.5) is 0 Å². The molecule has 2 heterocycles. The molecule has 60 valence electrons. The van der Waals surface area contributed by atoms with E-state index in [-0.39, 0.29) is 6.61 Å². The molecule has 0 aromatic carbocycles. The highest BCUT2D eigenvalue weighted by Crippen LogP contribution is 2.08. The molecule has 0 fully saturated rings. The summed E-state index contributed by atoms with van der Waals surface area (Å²) in [5.74, 6) is 0. The third-order valence-electron chi connectivity index (χ3n) is 1.59. The quantitative estimate of drug-likeness (QED) is 0.662. The summed E-state index contributed by atoms with van der Waals surface area (Å²) in [5, 5.41) is 9.67. The van der Waals surface area contributed by atoms with Crippen LogP contribution in [0.15, 0.2) is 24.8 Å². The van der Waals surface area contributed by atoms with Gasteiger partial charge in [-0.05, 0) is 11.6 Å². The van der Waals surface area contributed by atoms with Crippen molar-refractivity contribution in [2.45, 2.75) is 6.61 Å². The molecule has 1 N–H and O–H groups in total. The molecular formula is C8H7N3O. The monoisotopic (exact) mass is 161 g/mol. The first-order valence-electron chi connectivity index (χ1n) is 3.55. The van der Waals surface area contributed by atoms with E-state index in [2.05, 4.69) is 15.0 Å². The Labute approximate surface area is 68.9 Å². The lowest BCUT2D eigenvalue weighted by atomic mass is 10.2. The van der Waals surface area contributed by atoms with Gasteiger partial charge in [0.2, 0.25) is 0 Å². The highest BCUT2D eigenvalue weighted by Gasteiger charge is 1.96. The number of nitrogens with zero attached hydrogens (tertiary/aromatic N) is 3. The second-order valence-corrected chi connectivity index (χ2v) is 2.44. The maximum atomic E-state index is 8.82. The SMILES string of the molecule is OCc1cnc2ncncc2c1. The molecule has 0 radical (unpaired) electrons. The van der Waals surface area contributed by atoms with Crippen molar-refractivity contribution in [3.05, 3.63) is 30.4 Å². The summed E-state index contributed by atoms with van der Waals surface area (Å²) in [6, 6.07) is 1.82. The zero-order valence-corrected chi connectivity index (χ0v) is 6.31. The second-order valence-electron chi connectivity index (χ2n) is 2.44. The summed E-state index contributed by atoms with van der Waals surface area (Å²) >= 11 is 0. The van der Waals surface area contributed by atoms with Gasteiger partial charge in [-0.1, -0.05) is 0 Å². The van der Waals surface area contributed by atoms with E-state index in [0.717, 1.165) is 10.9 Å². The Morgan fingerprint density at radius 1 is 1.25 bits per heavy atom. The van der Waals surface area contributed by atoms with E-state index in [1.165, 1.54) is 6.33 Å². The fourth-order valence-corrected chi connectivity index (χ4v) is 1.01. The van der Waals surface area contributed by atoms with Crippen LogP contribution >= 0.6 is 0 Å². The summed E-state index contributed by atoms with van der Waals surface area (Å²) in [6.07, 6.45) is 4.73. The molecule has 0 saturated carbocycles. The van der Waals surface area contributed by atoms with Crippen LogP contribution in [0, 0.1) is 0 Å². The van der Waals surface area contributed by atoms with Crippen molar-refractivity contribution in [2.75, 3.05) is 0 Å². The lowest BCUT2D eigenvalue weighted by Crippen LogP contribution is -1.89. The number of aliphatic hydroxyl groups excluding tert-OH is 1.